The molecule has 0 aliphatic carbocycles. The number of aryl methyl sites for hydroxylation is 1. The lowest BCUT2D eigenvalue weighted by Crippen LogP contribution is -2.28. The van der Waals surface area contributed by atoms with Crippen molar-refractivity contribution in [1.29, 1.82) is 0 Å². The molecule has 0 aliphatic rings. The van der Waals surface area contributed by atoms with Gasteiger partial charge in [-0.2, -0.15) is 4.98 Å². The van der Waals surface area contributed by atoms with Crippen LogP contribution in [0.1, 0.15) is 17.0 Å². The predicted octanol–water partition coefficient (Wildman–Crippen LogP) is 3.33. The average molecular weight is 479 g/mol. The molecule has 3 N–H and O–H groups in total. The van der Waals surface area contributed by atoms with Gasteiger partial charge in [0.05, 0.1) is 5.69 Å². The van der Waals surface area contributed by atoms with Gasteiger partial charge in [-0.15, -0.1) is 0 Å². The molecule has 3 aromatic rings. The van der Waals surface area contributed by atoms with E-state index in [1.54, 1.807) is 31.2 Å². The van der Waals surface area contributed by atoms with Crippen molar-refractivity contribution in [2.45, 2.75) is 20.1 Å². The number of carbonyl (C=O) groups is 1. The van der Waals surface area contributed by atoms with Crippen LogP contribution in [0.4, 0.5) is 13.6 Å². The number of ether oxygens (including phenoxy) is 1. The lowest BCUT2D eigenvalue weighted by atomic mass is 10.2. The summed E-state index contributed by atoms with van der Waals surface area (Å²) in [5.41, 5.74) is 6.05. The number of amides is 2. The molecule has 0 saturated carbocycles. The highest BCUT2D eigenvalue weighted by molar-refractivity contribution is 9.10. The monoisotopic (exact) mass is 478 g/mol. The van der Waals surface area contributed by atoms with E-state index in [4.69, 9.17) is 10.5 Å². The number of hydrogen-bond donors (Lipinski definition) is 2. The fraction of sp³-hybridized carbons (Fsp3) is 0.150. The summed E-state index contributed by atoms with van der Waals surface area (Å²) in [6, 6.07) is 9.41. The largest absolute Gasteiger partial charge is 0.472 e. The van der Waals surface area contributed by atoms with E-state index in [0.29, 0.717) is 11.5 Å². The van der Waals surface area contributed by atoms with Crippen molar-refractivity contribution < 1.29 is 18.3 Å². The number of benzene rings is 2. The van der Waals surface area contributed by atoms with Gasteiger partial charge < -0.3 is 15.8 Å². The van der Waals surface area contributed by atoms with Crippen molar-refractivity contribution in [3.05, 3.63) is 85.9 Å². The molecule has 0 spiro atoms. The second-order valence-corrected chi connectivity index (χ2v) is 7.12. The van der Waals surface area contributed by atoms with Crippen LogP contribution in [-0.2, 0) is 13.2 Å². The van der Waals surface area contributed by atoms with Crippen molar-refractivity contribution >= 4 is 22.0 Å². The number of hydrogen-bond acceptors (Lipinski definition) is 4. The van der Waals surface area contributed by atoms with Gasteiger partial charge in [0, 0.05) is 18.2 Å². The summed E-state index contributed by atoms with van der Waals surface area (Å²) in [4.78, 5) is 28.1. The van der Waals surface area contributed by atoms with Crippen LogP contribution in [0, 0.1) is 18.6 Å². The van der Waals surface area contributed by atoms with Crippen molar-refractivity contribution in [3.8, 4) is 11.6 Å². The Morgan fingerprint density at radius 2 is 2.03 bits per heavy atom. The molecule has 30 heavy (non-hydrogen) atoms. The van der Waals surface area contributed by atoms with E-state index in [9.17, 15) is 18.4 Å². The maximum Gasteiger partial charge on any atom is 0.312 e. The molecular formula is C20H17BrF2N4O3. The van der Waals surface area contributed by atoms with Gasteiger partial charge in [0.25, 0.3) is 5.56 Å². The van der Waals surface area contributed by atoms with Crippen LogP contribution in [0.5, 0.6) is 5.88 Å². The number of nitrogens with zero attached hydrogens (tertiary/aromatic N) is 2. The smallest absolute Gasteiger partial charge is 0.312 e. The predicted molar refractivity (Wildman–Crippen MR) is 109 cm³/mol. The summed E-state index contributed by atoms with van der Waals surface area (Å²) in [5, 5.41) is 2.48. The Morgan fingerprint density at radius 3 is 2.73 bits per heavy atom. The summed E-state index contributed by atoms with van der Waals surface area (Å²) in [7, 11) is 0. The molecule has 1 heterocycles. The Kier molecular flexibility index (Phi) is 6.46. The third-order valence-corrected chi connectivity index (χ3v) is 4.86. The molecule has 10 heteroatoms. The lowest BCUT2D eigenvalue weighted by molar-refractivity contribution is 0.248. The highest BCUT2D eigenvalue weighted by Crippen LogP contribution is 2.22. The van der Waals surface area contributed by atoms with E-state index in [-0.39, 0.29) is 29.1 Å². The topological polar surface area (TPSA) is 99.2 Å². The minimum atomic E-state index is -0.752. The van der Waals surface area contributed by atoms with Crippen LogP contribution in [0.2, 0.25) is 0 Å². The highest BCUT2D eigenvalue weighted by atomic mass is 79.9. The van der Waals surface area contributed by atoms with Crippen molar-refractivity contribution in [2.24, 2.45) is 5.73 Å². The molecule has 1 aromatic heterocycles. The van der Waals surface area contributed by atoms with E-state index in [1.807, 2.05) is 0 Å². The van der Waals surface area contributed by atoms with Crippen LogP contribution in [0.3, 0.4) is 0 Å². The highest BCUT2D eigenvalue weighted by Gasteiger charge is 2.16. The van der Waals surface area contributed by atoms with Gasteiger partial charge in [-0.05, 0) is 52.7 Å². The molecule has 0 bridgehead atoms. The van der Waals surface area contributed by atoms with E-state index in [2.05, 4.69) is 26.2 Å². The molecule has 2 amide bonds. The SMILES string of the molecule is Cc1nc(OCc2ccc(F)cc2F)c(Br)c(=O)n1-c1cccc(CNC(N)=O)c1. The van der Waals surface area contributed by atoms with Crippen LogP contribution in [0.15, 0.2) is 51.7 Å². The normalized spacial score (nSPS) is 10.7. The third kappa shape index (κ3) is 4.82. The number of halogens is 3. The van der Waals surface area contributed by atoms with Crippen molar-refractivity contribution in [1.82, 2.24) is 14.9 Å². The van der Waals surface area contributed by atoms with Crippen LogP contribution < -0.4 is 21.3 Å². The summed E-state index contributed by atoms with van der Waals surface area (Å²) in [5.74, 6) is -1.12. The molecule has 0 unspecified atom stereocenters. The van der Waals surface area contributed by atoms with Crippen LogP contribution in [0.25, 0.3) is 5.69 Å². The van der Waals surface area contributed by atoms with Gasteiger partial charge in [0.2, 0.25) is 5.88 Å². The minimum absolute atomic E-state index is 0.0102. The maximum atomic E-state index is 13.8. The summed E-state index contributed by atoms with van der Waals surface area (Å²) >= 11 is 3.19. The quantitative estimate of drug-likeness (QED) is 0.567. The van der Waals surface area contributed by atoms with Gasteiger partial charge in [-0.25, -0.2) is 13.6 Å². The fourth-order valence-corrected chi connectivity index (χ4v) is 3.14. The van der Waals surface area contributed by atoms with Crippen LogP contribution >= 0.6 is 15.9 Å². The molecule has 0 saturated heterocycles. The van der Waals surface area contributed by atoms with Gasteiger partial charge in [0.15, 0.2) is 0 Å². The van der Waals surface area contributed by atoms with Gasteiger partial charge in [-0.3, -0.25) is 9.36 Å². The van der Waals surface area contributed by atoms with E-state index < -0.39 is 23.2 Å². The second-order valence-electron chi connectivity index (χ2n) is 6.33. The Hall–Kier alpha value is -3.27. The zero-order valence-electron chi connectivity index (χ0n) is 15.8. The van der Waals surface area contributed by atoms with Crippen LogP contribution in [-0.4, -0.2) is 15.6 Å². The van der Waals surface area contributed by atoms with E-state index in [0.717, 1.165) is 17.7 Å². The molecule has 2 aromatic carbocycles. The fourth-order valence-electron chi connectivity index (χ4n) is 2.76. The standard InChI is InChI=1S/C20H17BrF2N4O3/c1-11-26-18(30-10-13-5-6-14(22)8-16(13)23)17(21)19(28)27(11)15-4-2-3-12(7-15)9-25-20(24)29/h2-8H,9-10H2,1H3,(H3,24,25,29). The molecule has 0 fully saturated rings. The zero-order chi connectivity index (χ0) is 21.8. The first kappa shape index (κ1) is 21.4. The molecule has 0 radical (unpaired) electrons. The second kappa shape index (κ2) is 9.04. The molecule has 3 rings (SSSR count). The van der Waals surface area contributed by atoms with Gasteiger partial charge in [0.1, 0.15) is 28.5 Å². The molecule has 7 nitrogen and oxygen atoms in total. The Balaban J connectivity index is 1.89. The first-order valence-corrected chi connectivity index (χ1v) is 9.54. The minimum Gasteiger partial charge on any atom is -0.472 e. The number of nitrogens with one attached hydrogen (secondary N) is 1. The molecule has 0 aliphatic heterocycles. The van der Waals surface area contributed by atoms with Gasteiger partial charge >= 0.3 is 6.03 Å². The number of aromatic nitrogens is 2. The summed E-state index contributed by atoms with van der Waals surface area (Å²) in [6.07, 6.45) is 0. The van der Waals surface area contributed by atoms with Crippen molar-refractivity contribution in [3.63, 3.8) is 0 Å². The Bertz CT molecular complexity index is 1170. The molecule has 0 atom stereocenters. The van der Waals surface area contributed by atoms with Crippen molar-refractivity contribution in [2.75, 3.05) is 0 Å². The van der Waals surface area contributed by atoms with E-state index >= 15 is 0 Å². The molecule has 156 valence electrons. The van der Waals surface area contributed by atoms with Gasteiger partial charge in [-0.1, -0.05) is 12.1 Å². The molecular weight excluding hydrogens is 462 g/mol. The maximum absolute atomic E-state index is 13.8. The first-order valence-electron chi connectivity index (χ1n) is 8.74. The average Bonchev–Trinajstić information content (AvgIpc) is 2.69. The number of rotatable bonds is 6. The number of nitrogens with two attached hydrogens (primary N) is 1. The van der Waals surface area contributed by atoms with E-state index in [1.165, 1.54) is 10.6 Å². The Morgan fingerprint density at radius 1 is 1.27 bits per heavy atom. The first-order chi connectivity index (χ1) is 14.3. The lowest BCUT2D eigenvalue weighted by Gasteiger charge is -2.14. The number of primary amides is 1. The number of urea groups is 1. The third-order valence-electron chi connectivity index (χ3n) is 4.18. The summed E-state index contributed by atoms with van der Waals surface area (Å²) in [6.45, 7) is 1.60. The number of carbonyl (C=O) groups excluding carboxylic acids is 1. The Labute approximate surface area is 178 Å². The summed E-state index contributed by atoms with van der Waals surface area (Å²) < 4.78 is 33.7. The zero-order valence-corrected chi connectivity index (χ0v) is 17.4.